The number of benzene rings is 2. The van der Waals surface area contributed by atoms with Crippen molar-refractivity contribution in [1.82, 2.24) is 9.55 Å². The maximum absolute atomic E-state index is 11.7. The van der Waals surface area contributed by atoms with Crippen molar-refractivity contribution >= 4 is 33.9 Å². The van der Waals surface area contributed by atoms with E-state index in [-0.39, 0.29) is 16.4 Å². The molecule has 1 atom stereocenters. The van der Waals surface area contributed by atoms with Crippen LogP contribution < -0.4 is 14.5 Å². The minimum Gasteiger partial charge on any atom is -0.497 e. The Bertz CT molecular complexity index is 1060. The largest absolute Gasteiger partial charge is 0.497 e. The Morgan fingerprint density at radius 3 is 2.64 bits per heavy atom. The summed E-state index contributed by atoms with van der Waals surface area (Å²) in [5.74, 6) is 2.17. The number of aliphatic hydroxyl groups excluding tert-OH is 1. The van der Waals surface area contributed by atoms with E-state index in [2.05, 4.69) is 9.98 Å². The zero-order valence-electron chi connectivity index (χ0n) is 15.5. The molecule has 2 heterocycles. The molecule has 1 unspecified atom stereocenters. The average molecular weight is 398 g/mol. The molecule has 1 amide bonds. The zero-order valence-corrected chi connectivity index (χ0v) is 16.3. The molecule has 1 aromatic heterocycles. The number of aliphatic hydroxyl groups is 1. The molecule has 8 heteroatoms. The van der Waals surface area contributed by atoms with Gasteiger partial charge in [-0.25, -0.2) is 9.78 Å². The van der Waals surface area contributed by atoms with E-state index >= 15 is 0 Å². The first-order valence-corrected chi connectivity index (χ1v) is 9.66. The molecule has 0 bridgehead atoms. The van der Waals surface area contributed by atoms with Crippen LogP contribution in [0.2, 0.25) is 0 Å². The second-order valence-corrected chi connectivity index (χ2v) is 7.67. The molecule has 0 spiro atoms. The van der Waals surface area contributed by atoms with Crippen molar-refractivity contribution in [2.75, 3.05) is 7.11 Å². The number of hydrogen-bond donors (Lipinski definition) is 2. The number of imidazole rings is 1. The summed E-state index contributed by atoms with van der Waals surface area (Å²) >= 11 is 1.15. The van der Waals surface area contributed by atoms with Crippen LogP contribution >= 0.6 is 11.8 Å². The quantitative estimate of drug-likeness (QED) is 0.652. The van der Waals surface area contributed by atoms with Gasteiger partial charge >= 0.3 is 11.1 Å². The number of fused-ring (bicyclic) bond motifs is 1. The fourth-order valence-corrected chi connectivity index (χ4v) is 3.97. The second-order valence-electron chi connectivity index (χ2n) is 6.48. The number of carbonyl (C=O) groups excluding carboxylic acids is 1. The number of thioether (sulfide) groups is 1. The van der Waals surface area contributed by atoms with Crippen molar-refractivity contribution in [1.29, 1.82) is 0 Å². The average Bonchev–Trinajstić information content (AvgIpc) is 3.19. The first-order chi connectivity index (χ1) is 13.5. The molecule has 0 fully saturated rings. The molecular weight excluding hydrogens is 378 g/mol. The van der Waals surface area contributed by atoms with Crippen LogP contribution in [-0.4, -0.2) is 38.2 Å². The van der Waals surface area contributed by atoms with Crippen LogP contribution in [0.1, 0.15) is 11.4 Å². The predicted molar refractivity (Wildman–Crippen MR) is 107 cm³/mol. The maximum Gasteiger partial charge on any atom is 0.405 e. The summed E-state index contributed by atoms with van der Waals surface area (Å²) in [6, 6.07) is 13.4. The number of aromatic nitrogens is 2. The van der Waals surface area contributed by atoms with Crippen molar-refractivity contribution in [2.24, 2.45) is 7.05 Å². The molecule has 144 valence electrons. The van der Waals surface area contributed by atoms with Gasteiger partial charge < -0.3 is 19.1 Å². The summed E-state index contributed by atoms with van der Waals surface area (Å²) < 4.78 is 13.1. The van der Waals surface area contributed by atoms with E-state index < -0.39 is 0 Å². The molecule has 0 saturated carbocycles. The highest BCUT2D eigenvalue weighted by Crippen LogP contribution is 2.23. The molecule has 2 N–H and O–H groups in total. The highest BCUT2D eigenvalue weighted by Gasteiger charge is 2.35. The van der Waals surface area contributed by atoms with Gasteiger partial charge in [0.2, 0.25) is 0 Å². The van der Waals surface area contributed by atoms with Gasteiger partial charge in [-0.05, 0) is 36.2 Å². The smallest absolute Gasteiger partial charge is 0.405 e. The van der Waals surface area contributed by atoms with E-state index in [4.69, 9.17) is 9.47 Å². The van der Waals surface area contributed by atoms with Gasteiger partial charge in [-0.3, -0.25) is 0 Å². The van der Waals surface area contributed by atoms with Gasteiger partial charge in [0, 0.05) is 24.9 Å². The minimum absolute atomic E-state index is 0.0324. The zero-order chi connectivity index (χ0) is 19.7. The van der Waals surface area contributed by atoms with Crippen LogP contribution in [0.3, 0.4) is 0 Å². The molecule has 0 aliphatic carbocycles. The van der Waals surface area contributed by atoms with Crippen LogP contribution in [0.15, 0.2) is 42.5 Å². The van der Waals surface area contributed by atoms with Crippen LogP contribution in [0.5, 0.6) is 11.5 Å². The van der Waals surface area contributed by atoms with E-state index in [9.17, 15) is 9.90 Å². The number of methoxy groups -OCH3 is 1. The number of rotatable bonds is 6. The standard InChI is InChI=1S/C20H19N3O4S/c1-23-16-10-14(26-2)7-8-15(16)21-18(23)11-27-13-5-3-12(4-6-13)9-17-19(24)22-20(25)28-17/h3-8,10,17H,9,11H2,1-2H3,(H,22,24,25)/p+1. The molecule has 3 aromatic rings. The lowest BCUT2D eigenvalue weighted by molar-refractivity contribution is -0.379. The number of carbonyl (C=O) groups is 1. The van der Waals surface area contributed by atoms with Gasteiger partial charge in [0.05, 0.1) is 18.1 Å². The molecule has 2 aromatic carbocycles. The van der Waals surface area contributed by atoms with Crippen molar-refractivity contribution in [3.63, 3.8) is 0 Å². The van der Waals surface area contributed by atoms with E-state index in [1.165, 1.54) is 0 Å². The summed E-state index contributed by atoms with van der Waals surface area (Å²) in [7, 11) is 3.59. The molecule has 28 heavy (non-hydrogen) atoms. The Morgan fingerprint density at radius 2 is 1.96 bits per heavy atom. The Balaban J connectivity index is 1.41. The van der Waals surface area contributed by atoms with Crippen LogP contribution in [-0.2, 0) is 24.9 Å². The monoisotopic (exact) mass is 398 g/mol. The SMILES string of the molecule is COc1ccc2nc(COc3ccc(CC4SC(O)=[NH+]C4=O)cc3)n(C)c2c1. The number of ether oxygens (including phenoxy) is 2. The highest BCUT2D eigenvalue weighted by atomic mass is 32.2. The van der Waals surface area contributed by atoms with Crippen LogP contribution in [0.4, 0.5) is 0 Å². The lowest BCUT2D eigenvalue weighted by Crippen LogP contribution is -2.75. The number of nitrogens with zero attached hydrogens (tertiary/aromatic N) is 2. The number of amides is 1. The molecule has 0 saturated heterocycles. The van der Waals surface area contributed by atoms with Crippen molar-refractivity contribution in [3.05, 3.63) is 53.9 Å². The third-order valence-corrected chi connectivity index (χ3v) is 5.66. The minimum atomic E-state index is -0.302. The summed E-state index contributed by atoms with van der Waals surface area (Å²) in [5.41, 5.74) is 2.88. The van der Waals surface area contributed by atoms with Gasteiger partial charge in [0.25, 0.3) is 0 Å². The lowest BCUT2D eigenvalue weighted by Gasteiger charge is -2.08. The topological polar surface area (TPSA) is 87.6 Å². The predicted octanol–water partition coefficient (Wildman–Crippen LogP) is 1.34. The molecule has 1 aliphatic heterocycles. The Hall–Kier alpha value is -3.00. The fraction of sp³-hybridized carbons (Fsp3) is 0.250. The number of hydrogen-bond acceptors (Lipinski definition) is 5. The molecule has 1 aliphatic rings. The van der Waals surface area contributed by atoms with Crippen molar-refractivity contribution in [2.45, 2.75) is 18.3 Å². The van der Waals surface area contributed by atoms with E-state index in [0.29, 0.717) is 13.0 Å². The summed E-state index contributed by atoms with van der Waals surface area (Å²) in [5, 5.41) is 9.05. The van der Waals surface area contributed by atoms with E-state index in [0.717, 1.165) is 45.7 Å². The summed E-state index contributed by atoms with van der Waals surface area (Å²) in [6.07, 6.45) is 0.549. The van der Waals surface area contributed by atoms with E-state index in [1.54, 1.807) is 7.11 Å². The van der Waals surface area contributed by atoms with Gasteiger partial charge in [-0.1, -0.05) is 12.1 Å². The third-order valence-electron chi connectivity index (χ3n) is 4.67. The van der Waals surface area contributed by atoms with Crippen LogP contribution in [0.25, 0.3) is 11.0 Å². The normalized spacial score (nSPS) is 16.4. The first-order valence-electron chi connectivity index (χ1n) is 8.78. The second kappa shape index (κ2) is 7.55. The molecule has 7 nitrogen and oxygen atoms in total. The number of aryl methyl sites for hydroxylation is 1. The molecule has 0 radical (unpaired) electrons. The molecular formula is C20H20N3O4S+. The Morgan fingerprint density at radius 1 is 1.21 bits per heavy atom. The van der Waals surface area contributed by atoms with Crippen molar-refractivity contribution in [3.8, 4) is 11.5 Å². The molecule has 4 rings (SSSR count). The summed E-state index contributed by atoms with van der Waals surface area (Å²) in [6.45, 7) is 0.344. The van der Waals surface area contributed by atoms with E-state index in [1.807, 2.05) is 54.1 Å². The van der Waals surface area contributed by atoms with Crippen molar-refractivity contribution < 1.29 is 24.4 Å². The number of nitrogens with one attached hydrogen (secondary N) is 1. The van der Waals surface area contributed by atoms with Gasteiger partial charge in [0.1, 0.15) is 29.2 Å². The van der Waals surface area contributed by atoms with Gasteiger partial charge in [-0.15, -0.1) is 4.99 Å². The lowest BCUT2D eigenvalue weighted by atomic mass is 10.1. The maximum atomic E-state index is 11.7. The summed E-state index contributed by atoms with van der Waals surface area (Å²) in [4.78, 5) is 18.7. The highest BCUT2D eigenvalue weighted by molar-refractivity contribution is 8.14. The Kier molecular flexibility index (Phi) is 4.95. The Labute approximate surface area is 166 Å². The first kappa shape index (κ1) is 18.4. The van der Waals surface area contributed by atoms with Crippen LogP contribution in [0, 0.1) is 0 Å². The van der Waals surface area contributed by atoms with Gasteiger partial charge in [-0.2, -0.15) is 0 Å². The fourth-order valence-electron chi connectivity index (χ4n) is 3.10. The third kappa shape index (κ3) is 3.68. The van der Waals surface area contributed by atoms with Gasteiger partial charge in [0.15, 0.2) is 0 Å².